The van der Waals surface area contributed by atoms with E-state index in [1.165, 1.54) is 11.3 Å². The summed E-state index contributed by atoms with van der Waals surface area (Å²) in [5, 5.41) is 12.0. The molecular weight excluding hydrogens is 529 g/mol. The Balaban J connectivity index is 0.00000306. The largest absolute Gasteiger partial charge is 0.497 e. The van der Waals surface area contributed by atoms with Gasteiger partial charge in [0, 0.05) is 38.9 Å². The Labute approximate surface area is 212 Å². The number of anilines is 1. The normalized spacial score (nSPS) is 14.1. The highest BCUT2D eigenvalue weighted by molar-refractivity contribution is 14.0. The zero-order valence-corrected chi connectivity index (χ0v) is 21.8. The van der Waals surface area contributed by atoms with Gasteiger partial charge in [0.1, 0.15) is 11.6 Å². The van der Waals surface area contributed by atoms with Crippen molar-refractivity contribution in [3.05, 3.63) is 71.8 Å². The zero-order chi connectivity index (χ0) is 22.3. The second-order valence-corrected chi connectivity index (χ2v) is 7.87. The molecule has 176 valence electrons. The van der Waals surface area contributed by atoms with Crippen molar-refractivity contribution in [2.24, 2.45) is 12.0 Å². The van der Waals surface area contributed by atoms with Crippen LogP contribution in [0, 0.1) is 6.92 Å². The van der Waals surface area contributed by atoms with Crippen molar-refractivity contribution >= 4 is 35.6 Å². The Morgan fingerprint density at radius 3 is 2.30 bits per heavy atom. The number of hydrogen-bond donors (Lipinski definition) is 1. The Hall–Kier alpha value is -2.82. The third-order valence-electron chi connectivity index (χ3n) is 5.86. The van der Waals surface area contributed by atoms with Gasteiger partial charge in [-0.25, -0.2) is 4.99 Å². The number of guanidine groups is 1. The fraction of sp³-hybridized carbons (Fsp3) is 0.375. The van der Waals surface area contributed by atoms with Gasteiger partial charge >= 0.3 is 0 Å². The Bertz CT molecular complexity index is 1030. The van der Waals surface area contributed by atoms with Crippen molar-refractivity contribution < 1.29 is 4.74 Å². The number of ether oxygens (including phenoxy) is 1. The van der Waals surface area contributed by atoms with Crippen molar-refractivity contribution in [2.45, 2.75) is 20.0 Å². The van der Waals surface area contributed by atoms with Gasteiger partial charge in [-0.15, -0.1) is 34.2 Å². The SMILES string of the molecule is COc1ccc(N2CCN(C(=NCc3ccccc3)NCc3nnc(C)n3C)CC2)cc1.I. The summed E-state index contributed by atoms with van der Waals surface area (Å²) in [7, 11) is 3.68. The first-order valence-electron chi connectivity index (χ1n) is 10.9. The van der Waals surface area contributed by atoms with E-state index >= 15 is 0 Å². The average Bonchev–Trinajstić information content (AvgIpc) is 3.17. The van der Waals surface area contributed by atoms with Gasteiger partial charge in [-0.1, -0.05) is 30.3 Å². The number of aliphatic imine (C=N–C) groups is 1. The quantitative estimate of drug-likeness (QED) is 0.283. The molecule has 0 amide bonds. The Kier molecular flexibility index (Phi) is 8.93. The molecule has 1 N–H and O–H groups in total. The second kappa shape index (κ2) is 11.9. The van der Waals surface area contributed by atoms with Gasteiger partial charge in [0.2, 0.25) is 0 Å². The Morgan fingerprint density at radius 2 is 1.70 bits per heavy atom. The molecule has 0 atom stereocenters. The van der Waals surface area contributed by atoms with Gasteiger partial charge in [-0.2, -0.15) is 0 Å². The molecule has 0 radical (unpaired) electrons. The monoisotopic (exact) mass is 561 g/mol. The average molecular weight is 561 g/mol. The number of halogens is 1. The first-order chi connectivity index (χ1) is 15.6. The molecule has 8 nitrogen and oxygen atoms in total. The van der Waals surface area contributed by atoms with Crippen LogP contribution in [0.15, 0.2) is 59.6 Å². The third kappa shape index (κ3) is 6.37. The molecule has 1 aromatic heterocycles. The van der Waals surface area contributed by atoms with Gasteiger partial charge in [-0.3, -0.25) is 0 Å². The highest BCUT2D eigenvalue weighted by atomic mass is 127. The number of nitrogens with one attached hydrogen (secondary N) is 1. The van der Waals surface area contributed by atoms with Crippen LogP contribution in [0.4, 0.5) is 5.69 Å². The van der Waals surface area contributed by atoms with Crippen molar-refractivity contribution in [3.63, 3.8) is 0 Å². The maximum absolute atomic E-state index is 5.28. The molecule has 0 saturated carbocycles. The number of methoxy groups -OCH3 is 1. The van der Waals surface area contributed by atoms with Crippen LogP contribution in [0.5, 0.6) is 5.75 Å². The molecule has 0 aliphatic carbocycles. The molecule has 9 heteroatoms. The number of aryl methyl sites for hydroxylation is 1. The van der Waals surface area contributed by atoms with Crippen molar-refractivity contribution in [1.82, 2.24) is 25.0 Å². The molecule has 1 aliphatic heterocycles. The van der Waals surface area contributed by atoms with E-state index in [-0.39, 0.29) is 24.0 Å². The van der Waals surface area contributed by atoms with Crippen LogP contribution in [-0.4, -0.2) is 58.9 Å². The predicted molar refractivity (Wildman–Crippen MR) is 142 cm³/mol. The number of aromatic nitrogens is 3. The van der Waals surface area contributed by atoms with Crippen LogP contribution >= 0.6 is 24.0 Å². The van der Waals surface area contributed by atoms with E-state index in [0.717, 1.165) is 49.5 Å². The van der Waals surface area contributed by atoms with Gasteiger partial charge in [-0.05, 0) is 36.8 Å². The Morgan fingerprint density at radius 1 is 1.00 bits per heavy atom. The first-order valence-corrected chi connectivity index (χ1v) is 10.9. The second-order valence-electron chi connectivity index (χ2n) is 7.87. The molecule has 1 aliphatic rings. The molecule has 2 aromatic carbocycles. The van der Waals surface area contributed by atoms with Crippen LogP contribution in [0.3, 0.4) is 0 Å². The molecule has 3 aromatic rings. The van der Waals surface area contributed by atoms with Crippen LogP contribution in [0.25, 0.3) is 0 Å². The minimum atomic E-state index is 0. The van der Waals surface area contributed by atoms with E-state index in [9.17, 15) is 0 Å². The van der Waals surface area contributed by atoms with Crippen LogP contribution in [0.2, 0.25) is 0 Å². The summed E-state index contributed by atoms with van der Waals surface area (Å²) in [5.41, 5.74) is 2.41. The van der Waals surface area contributed by atoms with Gasteiger partial charge in [0.05, 0.1) is 20.2 Å². The lowest BCUT2D eigenvalue weighted by molar-refractivity contribution is 0.370. The highest BCUT2D eigenvalue weighted by Gasteiger charge is 2.20. The maximum atomic E-state index is 5.28. The number of nitrogens with zero attached hydrogens (tertiary/aromatic N) is 6. The third-order valence-corrected chi connectivity index (χ3v) is 5.86. The van der Waals surface area contributed by atoms with E-state index in [4.69, 9.17) is 9.73 Å². The minimum absolute atomic E-state index is 0. The van der Waals surface area contributed by atoms with Gasteiger partial charge in [0.15, 0.2) is 11.8 Å². The minimum Gasteiger partial charge on any atom is -0.497 e. The van der Waals surface area contributed by atoms with Crippen LogP contribution in [-0.2, 0) is 20.1 Å². The molecule has 0 bridgehead atoms. The van der Waals surface area contributed by atoms with Crippen molar-refractivity contribution in [2.75, 3.05) is 38.2 Å². The van der Waals surface area contributed by atoms with Crippen LogP contribution in [0.1, 0.15) is 17.2 Å². The predicted octanol–water partition coefficient (Wildman–Crippen LogP) is 3.22. The topological polar surface area (TPSA) is 70.8 Å². The lowest BCUT2D eigenvalue weighted by Crippen LogP contribution is -2.52. The summed E-state index contributed by atoms with van der Waals surface area (Å²) in [5.74, 6) is 3.58. The number of piperazine rings is 1. The summed E-state index contributed by atoms with van der Waals surface area (Å²) in [4.78, 5) is 9.65. The standard InChI is InChI=1S/C24H31N7O.HI/c1-19-27-28-23(29(19)2)18-26-24(25-17-20-7-5-4-6-8-20)31-15-13-30(14-16-31)21-9-11-22(32-3)12-10-21;/h4-12H,13-18H2,1-3H3,(H,25,26);1H. The molecule has 2 heterocycles. The number of benzene rings is 2. The molecule has 1 saturated heterocycles. The number of rotatable bonds is 6. The first kappa shape index (κ1) is 24.8. The van der Waals surface area contributed by atoms with Gasteiger partial charge < -0.3 is 24.4 Å². The summed E-state index contributed by atoms with van der Waals surface area (Å²) < 4.78 is 7.28. The highest BCUT2D eigenvalue weighted by Crippen LogP contribution is 2.20. The van der Waals surface area contributed by atoms with E-state index in [2.05, 4.69) is 49.6 Å². The van der Waals surface area contributed by atoms with E-state index < -0.39 is 0 Å². The van der Waals surface area contributed by atoms with Crippen molar-refractivity contribution in [1.29, 1.82) is 0 Å². The molecule has 4 rings (SSSR count). The fourth-order valence-corrected chi connectivity index (χ4v) is 3.75. The van der Waals surface area contributed by atoms with Crippen molar-refractivity contribution in [3.8, 4) is 5.75 Å². The van der Waals surface area contributed by atoms with E-state index in [0.29, 0.717) is 13.1 Å². The van der Waals surface area contributed by atoms with E-state index in [1.54, 1.807) is 7.11 Å². The van der Waals surface area contributed by atoms with E-state index in [1.807, 2.05) is 48.9 Å². The molecular formula is C24H32IN7O. The summed E-state index contributed by atoms with van der Waals surface area (Å²) >= 11 is 0. The molecule has 33 heavy (non-hydrogen) atoms. The maximum Gasteiger partial charge on any atom is 0.194 e. The van der Waals surface area contributed by atoms with Gasteiger partial charge in [0.25, 0.3) is 0 Å². The fourth-order valence-electron chi connectivity index (χ4n) is 3.75. The lowest BCUT2D eigenvalue weighted by atomic mass is 10.2. The molecule has 0 unspecified atom stereocenters. The van der Waals surface area contributed by atoms with Crippen LogP contribution < -0.4 is 15.0 Å². The molecule has 1 fully saturated rings. The molecule has 0 spiro atoms. The lowest BCUT2D eigenvalue weighted by Gasteiger charge is -2.37. The number of hydrogen-bond acceptors (Lipinski definition) is 5. The zero-order valence-electron chi connectivity index (χ0n) is 19.4. The summed E-state index contributed by atoms with van der Waals surface area (Å²) in [6.07, 6.45) is 0. The summed E-state index contributed by atoms with van der Waals surface area (Å²) in [6.45, 7) is 6.83. The smallest absolute Gasteiger partial charge is 0.194 e. The summed E-state index contributed by atoms with van der Waals surface area (Å²) in [6, 6.07) is 18.6.